The van der Waals surface area contributed by atoms with Crippen molar-refractivity contribution in [2.75, 3.05) is 19.0 Å². The molecule has 2 rings (SSSR count). The van der Waals surface area contributed by atoms with Crippen LogP contribution in [0.15, 0.2) is 17.7 Å². The molecule has 3 heteroatoms. The Morgan fingerprint density at radius 1 is 1.38 bits per heavy atom. The lowest BCUT2D eigenvalue weighted by molar-refractivity contribution is -0.136. The van der Waals surface area contributed by atoms with Crippen LogP contribution in [0.25, 0.3) is 6.08 Å². The molecule has 0 saturated carbocycles. The smallest absolute Gasteiger partial charge is 0.333 e. The number of fused-ring (bicyclic) bond motifs is 1. The quantitative estimate of drug-likeness (QED) is 0.855. The monoisotopic (exact) mass is 287 g/mol. The van der Waals surface area contributed by atoms with Gasteiger partial charge >= 0.3 is 5.97 Å². The van der Waals surface area contributed by atoms with E-state index in [1.165, 1.54) is 18.2 Å². The Morgan fingerprint density at radius 3 is 2.81 bits per heavy atom. The maximum Gasteiger partial charge on any atom is 0.333 e. The number of benzene rings is 1. The highest BCUT2D eigenvalue weighted by Gasteiger charge is 2.15. The second-order valence-electron chi connectivity index (χ2n) is 6.16. The number of anilines is 1. The van der Waals surface area contributed by atoms with Crippen molar-refractivity contribution in [3.63, 3.8) is 0 Å². The summed E-state index contributed by atoms with van der Waals surface area (Å²) in [6.07, 6.45) is 4.73. The van der Waals surface area contributed by atoms with Crippen LogP contribution in [0.1, 0.15) is 43.4 Å². The zero-order valence-electron chi connectivity index (χ0n) is 13.5. The Hall–Kier alpha value is -1.77. The number of carbonyl (C=O) groups is 1. The van der Waals surface area contributed by atoms with Crippen molar-refractivity contribution in [3.05, 3.63) is 34.4 Å². The predicted octanol–water partition coefficient (Wildman–Crippen LogP) is 3.96. The van der Waals surface area contributed by atoms with Gasteiger partial charge in [0.05, 0.1) is 7.11 Å². The van der Waals surface area contributed by atoms with Crippen LogP contribution in [0.3, 0.4) is 0 Å². The van der Waals surface area contributed by atoms with Gasteiger partial charge in [-0.3, -0.25) is 0 Å². The van der Waals surface area contributed by atoms with E-state index in [4.69, 9.17) is 4.74 Å². The molecule has 1 aliphatic rings. The third-order valence-corrected chi connectivity index (χ3v) is 3.85. The zero-order chi connectivity index (χ0) is 15.4. The number of hydrogen-bond acceptors (Lipinski definition) is 3. The minimum Gasteiger partial charge on any atom is -0.466 e. The molecule has 0 aliphatic carbocycles. The first kappa shape index (κ1) is 15.6. The normalized spacial score (nSPS) is 14.6. The molecule has 3 nitrogen and oxygen atoms in total. The number of nitrogens with one attached hydrogen (secondary N) is 1. The number of hydrogen-bond donors (Lipinski definition) is 1. The van der Waals surface area contributed by atoms with Gasteiger partial charge in [-0.15, -0.1) is 0 Å². The molecule has 0 amide bonds. The maximum absolute atomic E-state index is 11.9. The largest absolute Gasteiger partial charge is 0.466 e. The average molecular weight is 287 g/mol. The summed E-state index contributed by atoms with van der Waals surface area (Å²) in [5.41, 5.74) is 5.63. The van der Waals surface area contributed by atoms with Crippen LogP contribution >= 0.6 is 0 Å². The van der Waals surface area contributed by atoms with Gasteiger partial charge in [0, 0.05) is 17.8 Å². The molecule has 21 heavy (non-hydrogen) atoms. The average Bonchev–Trinajstić information content (AvgIpc) is 2.41. The van der Waals surface area contributed by atoms with Crippen LogP contribution in [-0.4, -0.2) is 19.6 Å². The molecule has 1 aromatic rings. The third-order valence-electron chi connectivity index (χ3n) is 3.85. The zero-order valence-corrected chi connectivity index (χ0v) is 13.5. The molecular formula is C18H25NO2. The molecule has 0 saturated heterocycles. The molecule has 0 aromatic heterocycles. The van der Waals surface area contributed by atoms with Gasteiger partial charge in [-0.05, 0) is 67.0 Å². The molecule has 0 spiro atoms. The minimum atomic E-state index is -0.214. The van der Waals surface area contributed by atoms with Gasteiger partial charge < -0.3 is 10.1 Å². The van der Waals surface area contributed by atoms with E-state index in [0.717, 1.165) is 42.6 Å². The highest BCUT2D eigenvalue weighted by molar-refractivity contribution is 5.95. The standard InChI is InChI=1S/C18H25NO2/c1-12(2)8-15-11-16-10-14(18(20)21-4)6-5-7-19-17(16)9-13(15)3/h9-12,19H,5-8H2,1-4H3. The molecule has 0 bridgehead atoms. The van der Waals surface area contributed by atoms with E-state index in [1.807, 2.05) is 6.08 Å². The predicted molar refractivity (Wildman–Crippen MR) is 87.4 cm³/mol. The first-order valence-electron chi connectivity index (χ1n) is 7.67. The Bertz CT molecular complexity index is 559. The van der Waals surface area contributed by atoms with Crippen molar-refractivity contribution in [3.8, 4) is 0 Å². The number of esters is 1. The summed E-state index contributed by atoms with van der Waals surface area (Å²) in [5.74, 6) is 0.404. The van der Waals surface area contributed by atoms with E-state index in [0.29, 0.717) is 5.92 Å². The number of aryl methyl sites for hydroxylation is 1. The van der Waals surface area contributed by atoms with Gasteiger partial charge in [0.2, 0.25) is 0 Å². The molecule has 0 atom stereocenters. The summed E-state index contributed by atoms with van der Waals surface area (Å²) in [7, 11) is 1.44. The summed E-state index contributed by atoms with van der Waals surface area (Å²) >= 11 is 0. The SMILES string of the molecule is COC(=O)C1=Cc2cc(CC(C)C)c(C)cc2NCCC1. The minimum absolute atomic E-state index is 0.214. The molecule has 0 unspecified atom stereocenters. The van der Waals surface area contributed by atoms with E-state index in [9.17, 15) is 4.79 Å². The molecule has 114 valence electrons. The number of methoxy groups -OCH3 is 1. The van der Waals surface area contributed by atoms with Gasteiger partial charge in [-0.2, -0.15) is 0 Å². The molecular weight excluding hydrogens is 262 g/mol. The van der Waals surface area contributed by atoms with Crippen molar-refractivity contribution in [2.45, 2.75) is 40.0 Å². The summed E-state index contributed by atoms with van der Waals surface area (Å²) < 4.78 is 4.89. The van der Waals surface area contributed by atoms with Crippen LogP contribution in [0, 0.1) is 12.8 Å². The highest BCUT2D eigenvalue weighted by atomic mass is 16.5. The molecule has 1 aliphatic heterocycles. The first-order valence-corrected chi connectivity index (χ1v) is 7.67. The van der Waals surface area contributed by atoms with Gasteiger partial charge in [-0.25, -0.2) is 4.79 Å². The van der Waals surface area contributed by atoms with Crippen molar-refractivity contribution in [1.82, 2.24) is 0 Å². The van der Waals surface area contributed by atoms with Crippen molar-refractivity contribution < 1.29 is 9.53 Å². The second-order valence-corrected chi connectivity index (χ2v) is 6.16. The third kappa shape index (κ3) is 3.87. The lowest BCUT2D eigenvalue weighted by atomic mass is 9.93. The van der Waals surface area contributed by atoms with Crippen molar-refractivity contribution >= 4 is 17.7 Å². The van der Waals surface area contributed by atoms with Crippen molar-refractivity contribution in [1.29, 1.82) is 0 Å². The molecule has 0 radical (unpaired) electrons. The fraction of sp³-hybridized carbons (Fsp3) is 0.500. The fourth-order valence-electron chi connectivity index (χ4n) is 2.76. The molecule has 1 aromatic carbocycles. The Morgan fingerprint density at radius 2 is 2.14 bits per heavy atom. The van der Waals surface area contributed by atoms with Crippen LogP contribution in [0.5, 0.6) is 0 Å². The summed E-state index contributed by atoms with van der Waals surface area (Å²) in [4.78, 5) is 11.9. The van der Waals surface area contributed by atoms with E-state index in [-0.39, 0.29) is 5.97 Å². The van der Waals surface area contributed by atoms with E-state index in [1.54, 1.807) is 0 Å². The number of rotatable bonds is 3. The van der Waals surface area contributed by atoms with E-state index >= 15 is 0 Å². The number of carbonyl (C=O) groups excluding carboxylic acids is 1. The topological polar surface area (TPSA) is 38.3 Å². The lowest BCUT2D eigenvalue weighted by Gasteiger charge is -2.18. The second kappa shape index (κ2) is 6.79. The lowest BCUT2D eigenvalue weighted by Crippen LogP contribution is -2.12. The molecule has 0 fully saturated rings. The summed E-state index contributed by atoms with van der Waals surface area (Å²) in [6, 6.07) is 4.41. The Labute approximate surface area is 127 Å². The first-order chi connectivity index (χ1) is 10.0. The Kier molecular flexibility index (Phi) is 5.05. The van der Waals surface area contributed by atoms with E-state index in [2.05, 4.69) is 38.2 Å². The summed E-state index contributed by atoms with van der Waals surface area (Å²) in [6.45, 7) is 7.49. The van der Waals surface area contributed by atoms with Gasteiger partial charge in [0.1, 0.15) is 0 Å². The van der Waals surface area contributed by atoms with Gasteiger partial charge in [0.15, 0.2) is 0 Å². The van der Waals surface area contributed by atoms with Gasteiger partial charge in [-0.1, -0.05) is 13.8 Å². The van der Waals surface area contributed by atoms with Crippen LogP contribution in [-0.2, 0) is 16.0 Å². The van der Waals surface area contributed by atoms with Crippen LogP contribution in [0.2, 0.25) is 0 Å². The van der Waals surface area contributed by atoms with E-state index < -0.39 is 0 Å². The summed E-state index contributed by atoms with van der Waals surface area (Å²) in [5, 5.41) is 3.47. The highest BCUT2D eigenvalue weighted by Crippen LogP contribution is 2.28. The van der Waals surface area contributed by atoms with Crippen LogP contribution in [0.4, 0.5) is 5.69 Å². The van der Waals surface area contributed by atoms with Crippen LogP contribution < -0.4 is 5.32 Å². The Balaban J connectivity index is 2.46. The molecule has 1 heterocycles. The maximum atomic E-state index is 11.9. The van der Waals surface area contributed by atoms with Gasteiger partial charge in [0.25, 0.3) is 0 Å². The molecule has 1 N–H and O–H groups in total. The van der Waals surface area contributed by atoms with Crippen molar-refractivity contribution in [2.24, 2.45) is 5.92 Å². The fourth-order valence-corrected chi connectivity index (χ4v) is 2.76. The number of ether oxygens (including phenoxy) is 1.